The third-order valence-electron chi connectivity index (χ3n) is 3.11. The molecule has 1 unspecified atom stereocenters. The van der Waals surface area contributed by atoms with E-state index in [1.54, 1.807) is 11.3 Å². The Morgan fingerprint density at radius 1 is 1.30 bits per heavy atom. The highest BCUT2D eigenvalue weighted by Crippen LogP contribution is 2.32. The van der Waals surface area contributed by atoms with E-state index < -0.39 is 11.6 Å². The smallest absolute Gasteiger partial charge is 0.137 e. The zero-order valence-corrected chi connectivity index (χ0v) is 13.7. The summed E-state index contributed by atoms with van der Waals surface area (Å²) in [5.41, 5.74) is 1.44. The van der Waals surface area contributed by atoms with E-state index in [2.05, 4.69) is 21.2 Å². The molecule has 0 spiro atoms. The first-order valence-corrected chi connectivity index (χ1v) is 8.13. The molecule has 0 saturated carbocycles. The van der Waals surface area contributed by atoms with Crippen molar-refractivity contribution >= 4 is 27.3 Å². The van der Waals surface area contributed by atoms with Crippen LogP contribution in [0.25, 0.3) is 0 Å². The van der Waals surface area contributed by atoms with Crippen molar-refractivity contribution in [1.82, 2.24) is 5.32 Å². The highest BCUT2D eigenvalue weighted by atomic mass is 79.9. The minimum Gasteiger partial charge on any atom is -0.305 e. The molecule has 0 aliphatic carbocycles. The van der Waals surface area contributed by atoms with Crippen molar-refractivity contribution in [2.75, 3.05) is 6.54 Å². The van der Waals surface area contributed by atoms with Crippen molar-refractivity contribution in [2.24, 2.45) is 0 Å². The Bertz CT molecular complexity index is 598. The minimum atomic E-state index is -0.445. The van der Waals surface area contributed by atoms with Crippen LogP contribution in [0.2, 0.25) is 0 Å². The van der Waals surface area contributed by atoms with Gasteiger partial charge in [-0.05, 0) is 65.0 Å². The van der Waals surface area contributed by atoms with Crippen molar-refractivity contribution in [1.29, 1.82) is 0 Å². The van der Waals surface area contributed by atoms with Gasteiger partial charge in [-0.15, -0.1) is 11.3 Å². The summed E-state index contributed by atoms with van der Waals surface area (Å²) in [7, 11) is 0. The van der Waals surface area contributed by atoms with Crippen LogP contribution in [0.5, 0.6) is 0 Å². The molecular formula is C15H16BrF2NS. The normalized spacial score (nSPS) is 12.7. The first kappa shape index (κ1) is 15.6. The van der Waals surface area contributed by atoms with Crippen LogP contribution in [0.3, 0.4) is 0 Å². The van der Waals surface area contributed by atoms with Crippen molar-refractivity contribution in [3.63, 3.8) is 0 Å². The average Bonchev–Trinajstić information content (AvgIpc) is 2.82. The van der Waals surface area contributed by atoms with Crippen molar-refractivity contribution in [2.45, 2.75) is 26.3 Å². The van der Waals surface area contributed by atoms with E-state index >= 15 is 0 Å². The Kier molecular flexibility index (Phi) is 5.29. The van der Waals surface area contributed by atoms with Crippen LogP contribution in [0.4, 0.5) is 8.78 Å². The molecule has 2 aromatic rings. The Balaban J connectivity index is 2.46. The second kappa shape index (κ2) is 6.78. The molecule has 0 radical (unpaired) electrons. The Hall–Kier alpha value is -0.780. The Labute approximate surface area is 130 Å². The third kappa shape index (κ3) is 3.27. The van der Waals surface area contributed by atoms with E-state index in [9.17, 15) is 8.78 Å². The lowest BCUT2D eigenvalue weighted by molar-refractivity contribution is 0.536. The molecule has 1 heterocycles. The average molecular weight is 360 g/mol. The molecule has 0 bridgehead atoms. The number of nitrogens with one attached hydrogen (secondary N) is 1. The highest BCUT2D eigenvalue weighted by Gasteiger charge is 2.21. The minimum absolute atomic E-state index is 0.149. The van der Waals surface area contributed by atoms with Crippen LogP contribution in [0, 0.1) is 18.6 Å². The molecule has 20 heavy (non-hydrogen) atoms. The zero-order valence-electron chi connectivity index (χ0n) is 11.3. The van der Waals surface area contributed by atoms with Crippen LogP contribution < -0.4 is 5.32 Å². The van der Waals surface area contributed by atoms with Gasteiger partial charge >= 0.3 is 0 Å². The van der Waals surface area contributed by atoms with Crippen LogP contribution >= 0.6 is 27.3 Å². The van der Waals surface area contributed by atoms with Gasteiger partial charge in [-0.3, -0.25) is 0 Å². The van der Waals surface area contributed by atoms with Crippen LogP contribution in [-0.4, -0.2) is 6.54 Å². The SMILES string of the molecule is CCCNC(c1cc(F)c(Br)cc1F)c1sccc1C. The predicted molar refractivity (Wildman–Crippen MR) is 83.3 cm³/mol. The molecule has 2 rings (SSSR count). The monoisotopic (exact) mass is 359 g/mol. The number of benzene rings is 1. The van der Waals surface area contributed by atoms with E-state index in [0.717, 1.165) is 23.4 Å². The first-order chi connectivity index (χ1) is 9.54. The first-order valence-electron chi connectivity index (χ1n) is 6.46. The number of thiophene rings is 1. The van der Waals surface area contributed by atoms with Crippen LogP contribution in [0.15, 0.2) is 28.1 Å². The fourth-order valence-corrected chi connectivity index (χ4v) is 3.41. The lowest BCUT2D eigenvalue weighted by Crippen LogP contribution is -2.24. The Morgan fingerprint density at radius 3 is 2.65 bits per heavy atom. The van der Waals surface area contributed by atoms with E-state index in [1.165, 1.54) is 12.1 Å². The number of rotatable bonds is 5. The largest absolute Gasteiger partial charge is 0.305 e. The van der Waals surface area contributed by atoms with Gasteiger partial charge in [0.15, 0.2) is 0 Å². The van der Waals surface area contributed by atoms with Gasteiger partial charge in [0.25, 0.3) is 0 Å². The molecule has 0 saturated heterocycles. The maximum Gasteiger partial charge on any atom is 0.137 e. The zero-order chi connectivity index (χ0) is 14.7. The lowest BCUT2D eigenvalue weighted by atomic mass is 10.0. The molecule has 0 aliphatic rings. The molecule has 1 N–H and O–H groups in total. The highest BCUT2D eigenvalue weighted by molar-refractivity contribution is 9.10. The van der Waals surface area contributed by atoms with Crippen molar-refractivity contribution < 1.29 is 8.78 Å². The molecule has 1 nitrogen and oxygen atoms in total. The topological polar surface area (TPSA) is 12.0 Å². The number of halogens is 3. The quantitative estimate of drug-likeness (QED) is 0.724. The van der Waals surface area contributed by atoms with E-state index in [-0.39, 0.29) is 10.5 Å². The maximum absolute atomic E-state index is 14.2. The van der Waals surface area contributed by atoms with Crippen LogP contribution in [-0.2, 0) is 0 Å². The second-order valence-corrected chi connectivity index (χ2v) is 6.44. The van der Waals surface area contributed by atoms with E-state index in [1.807, 2.05) is 25.3 Å². The van der Waals surface area contributed by atoms with Gasteiger partial charge in [0.05, 0.1) is 10.5 Å². The molecule has 0 amide bonds. The summed E-state index contributed by atoms with van der Waals surface area (Å²) in [5, 5.41) is 5.28. The van der Waals surface area contributed by atoms with Crippen LogP contribution in [0.1, 0.15) is 35.4 Å². The number of hydrogen-bond donors (Lipinski definition) is 1. The van der Waals surface area contributed by atoms with Crippen molar-refractivity contribution in [3.8, 4) is 0 Å². The summed E-state index contributed by atoms with van der Waals surface area (Å²) in [5.74, 6) is -0.849. The maximum atomic E-state index is 14.2. The molecule has 0 fully saturated rings. The fourth-order valence-electron chi connectivity index (χ4n) is 2.07. The molecule has 1 atom stereocenters. The van der Waals surface area contributed by atoms with Gasteiger partial charge in [0, 0.05) is 10.4 Å². The van der Waals surface area contributed by atoms with E-state index in [0.29, 0.717) is 5.56 Å². The summed E-state index contributed by atoms with van der Waals surface area (Å²) in [6.45, 7) is 4.78. The van der Waals surface area contributed by atoms with E-state index in [4.69, 9.17) is 0 Å². The summed E-state index contributed by atoms with van der Waals surface area (Å²) < 4.78 is 28.1. The third-order valence-corrected chi connectivity index (χ3v) is 4.80. The second-order valence-electron chi connectivity index (χ2n) is 4.64. The molecule has 108 valence electrons. The summed E-state index contributed by atoms with van der Waals surface area (Å²) in [4.78, 5) is 1.03. The molecule has 1 aromatic carbocycles. The van der Waals surface area contributed by atoms with Gasteiger partial charge < -0.3 is 5.32 Å². The molecule has 0 aliphatic heterocycles. The number of aryl methyl sites for hydroxylation is 1. The Morgan fingerprint density at radius 2 is 2.05 bits per heavy atom. The molecular weight excluding hydrogens is 344 g/mol. The fraction of sp³-hybridized carbons (Fsp3) is 0.333. The summed E-state index contributed by atoms with van der Waals surface area (Å²) in [6, 6.07) is 4.14. The summed E-state index contributed by atoms with van der Waals surface area (Å²) >= 11 is 4.57. The van der Waals surface area contributed by atoms with Gasteiger partial charge in [-0.2, -0.15) is 0 Å². The lowest BCUT2D eigenvalue weighted by Gasteiger charge is -2.20. The van der Waals surface area contributed by atoms with Gasteiger partial charge in [-0.25, -0.2) is 8.78 Å². The predicted octanol–water partition coefficient (Wildman–Crippen LogP) is 5.19. The van der Waals surface area contributed by atoms with Gasteiger partial charge in [0.2, 0.25) is 0 Å². The van der Waals surface area contributed by atoms with Gasteiger partial charge in [-0.1, -0.05) is 6.92 Å². The summed E-state index contributed by atoms with van der Waals surface area (Å²) in [6.07, 6.45) is 0.932. The van der Waals surface area contributed by atoms with Gasteiger partial charge in [0.1, 0.15) is 11.6 Å². The standard InChI is InChI=1S/C15H16BrF2NS/c1-3-5-19-14(15-9(2)4-6-20-15)10-7-13(18)11(16)8-12(10)17/h4,6-8,14,19H,3,5H2,1-2H3. The number of hydrogen-bond acceptors (Lipinski definition) is 2. The molecule has 5 heteroatoms. The molecule has 1 aromatic heterocycles. The van der Waals surface area contributed by atoms with Crippen molar-refractivity contribution in [3.05, 3.63) is 55.7 Å².